The average Bonchev–Trinajstić information content (AvgIpc) is 3.13. The Labute approximate surface area is 146 Å². The number of aromatic nitrogens is 2. The maximum atomic E-state index is 12.6. The van der Waals surface area contributed by atoms with E-state index in [0.29, 0.717) is 22.7 Å². The molecule has 3 rings (SSSR count). The quantitative estimate of drug-likeness (QED) is 0.780. The second kappa shape index (κ2) is 7.95. The Morgan fingerprint density at radius 1 is 1.28 bits per heavy atom. The van der Waals surface area contributed by atoms with E-state index in [9.17, 15) is 4.79 Å². The van der Waals surface area contributed by atoms with Crippen molar-refractivity contribution in [3.05, 3.63) is 41.6 Å². The van der Waals surface area contributed by atoms with Crippen molar-refractivity contribution in [1.29, 1.82) is 5.26 Å². The van der Waals surface area contributed by atoms with Gasteiger partial charge in [-0.15, -0.1) is 0 Å². The summed E-state index contributed by atoms with van der Waals surface area (Å²) in [4.78, 5) is 12.6. The van der Waals surface area contributed by atoms with Gasteiger partial charge < -0.3 is 10.4 Å². The van der Waals surface area contributed by atoms with Gasteiger partial charge in [0.25, 0.3) is 5.91 Å². The highest BCUT2D eigenvalue weighted by Crippen LogP contribution is 2.27. The van der Waals surface area contributed by atoms with Crippen LogP contribution in [0.3, 0.4) is 0 Å². The van der Waals surface area contributed by atoms with Gasteiger partial charge in [-0.2, -0.15) is 10.4 Å². The Hall–Kier alpha value is -2.65. The molecule has 0 bridgehead atoms. The van der Waals surface area contributed by atoms with Gasteiger partial charge in [0.05, 0.1) is 29.1 Å². The molecule has 1 aliphatic rings. The average molecular weight is 338 g/mol. The van der Waals surface area contributed by atoms with Crippen LogP contribution in [-0.4, -0.2) is 33.9 Å². The third kappa shape index (κ3) is 4.06. The van der Waals surface area contributed by atoms with Crippen LogP contribution < -0.4 is 5.32 Å². The van der Waals surface area contributed by atoms with Gasteiger partial charge in [-0.1, -0.05) is 12.1 Å². The van der Waals surface area contributed by atoms with Crippen LogP contribution in [0.4, 0.5) is 0 Å². The molecular formula is C19H22N4O2. The van der Waals surface area contributed by atoms with Crippen LogP contribution in [-0.2, 0) is 0 Å². The summed E-state index contributed by atoms with van der Waals surface area (Å²) in [6.45, 7) is 0.241. The Balaban J connectivity index is 1.66. The Morgan fingerprint density at radius 2 is 2.00 bits per heavy atom. The predicted octanol–water partition coefficient (Wildman–Crippen LogP) is 2.62. The normalized spacial score (nSPS) is 20.0. The zero-order valence-corrected chi connectivity index (χ0v) is 14.0. The van der Waals surface area contributed by atoms with E-state index in [1.54, 1.807) is 18.3 Å². The molecule has 25 heavy (non-hydrogen) atoms. The number of nitrogens with one attached hydrogen (secondary N) is 2. The number of carbonyl (C=O) groups is 1. The largest absolute Gasteiger partial charge is 0.396 e. The standard InChI is InChI=1S/C19H22N4O2/c20-11-14-1-5-15(6-2-14)18-17(12-21-23-18)19(25)22-16-7-3-13(4-8-16)9-10-24/h1-2,5-6,12-13,16,24H,3-4,7-10H2,(H,21,23)(H,22,25). The van der Waals surface area contributed by atoms with Crippen LogP contribution in [0.25, 0.3) is 11.3 Å². The highest BCUT2D eigenvalue weighted by atomic mass is 16.3. The first-order valence-electron chi connectivity index (χ1n) is 8.67. The summed E-state index contributed by atoms with van der Waals surface area (Å²) in [5.74, 6) is 0.444. The number of carbonyl (C=O) groups excluding carboxylic acids is 1. The SMILES string of the molecule is N#Cc1ccc(-c2[nH]ncc2C(=O)NC2CCC(CCO)CC2)cc1. The summed E-state index contributed by atoms with van der Waals surface area (Å²) in [5.41, 5.74) is 2.58. The maximum Gasteiger partial charge on any atom is 0.255 e. The molecule has 0 saturated heterocycles. The molecule has 3 N–H and O–H groups in total. The van der Waals surface area contributed by atoms with Crippen LogP contribution in [0.2, 0.25) is 0 Å². The molecule has 1 heterocycles. The van der Waals surface area contributed by atoms with Crippen LogP contribution in [0.15, 0.2) is 30.5 Å². The van der Waals surface area contributed by atoms with Crippen molar-refractivity contribution < 1.29 is 9.90 Å². The van der Waals surface area contributed by atoms with Crippen molar-refractivity contribution in [2.24, 2.45) is 5.92 Å². The summed E-state index contributed by atoms with van der Waals surface area (Å²) in [6, 6.07) is 9.32. The highest BCUT2D eigenvalue weighted by Gasteiger charge is 2.24. The van der Waals surface area contributed by atoms with Gasteiger partial charge in [0.2, 0.25) is 0 Å². The number of amides is 1. The molecule has 1 aromatic carbocycles. The molecule has 0 atom stereocenters. The zero-order valence-electron chi connectivity index (χ0n) is 14.0. The molecule has 1 saturated carbocycles. The predicted molar refractivity (Wildman–Crippen MR) is 93.7 cm³/mol. The Kier molecular flexibility index (Phi) is 5.46. The molecule has 2 aromatic rings. The second-order valence-corrected chi connectivity index (χ2v) is 6.55. The number of aliphatic hydroxyl groups excluding tert-OH is 1. The van der Waals surface area contributed by atoms with E-state index in [0.717, 1.165) is 37.7 Å². The molecule has 0 unspecified atom stereocenters. The smallest absolute Gasteiger partial charge is 0.255 e. The van der Waals surface area contributed by atoms with Crippen molar-refractivity contribution in [1.82, 2.24) is 15.5 Å². The first-order valence-corrected chi connectivity index (χ1v) is 8.67. The zero-order chi connectivity index (χ0) is 17.6. The van der Waals surface area contributed by atoms with Crippen molar-refractivity contribution in [3.8, 4) is 17.3 Å². The fourth-order valence-corrected chi connectivity index (χ4v) is 3.43. The van der Waals surface area contributed by atoms with E-state index >= 15 is 0 Å². The number of hydrogen-bond donors (Lipinski definition) is 3. The van der Waals surface area contributed by atoms with Crippen LogP contribution in [0.5, 0.6) is 0 Å². The molecule has 1 fully saturated rings. The minimum Gasteiger partial charge on any atom is -0.396 e. The summed E-state index contributed by atoms with van der Waals surface area (Å²) in [5, 5.41) is 27.9. The van der Waals surface area contributed by atoms with Gasteiger partial charge in [0.1, 0.15) is 0 Å². The van der Waals surface area contributed by atoms with Crippen molar-refractivity contribution >= 4 is 5.91 Å². The lowest BCUT2D eigenvalue weighted by Gasteiger charge is -2.28. The maximum absolute atomic E-state index is 12.6. The number of rotatable bonds is 5. The minimum absolute atomic E-state index is 0.126. The first-order chi connectivity index (χ1) is 12.2. The van der Waals surface area contributed by atoms with Gasteiger partial charge in [-0.25, -0.2) is 0 Å². The lowest BCUT2D eigenvalue weighted by molar-refractivity contribution is 0.0919. The lowest BCUT2D eigenvalue weighted by atomic mass is 9.84. The van der Waals surface area contributed by atoms with Crippen molar-refractivity contribution in [2.75, 3.05) is 6.61 Å². The second-order valence-electron chi connectivity index (χ2n) is 6.55. The van der Waals surface area contributed by atoms with Crippen LogP contribution in [0.1, 0.15) is 48.0 Å². The van der Waals surface area contributed by atoms with E-state index in [-0.39, 0.29) is 18.6 Å². The number of nitrogens with zero attached hydrogens (tertiary/aromatic N) is 2. The molecule has 6 heteroatoms. The molecule has 0 aliphatic heterocycles. The summed E-state index contributed by atoms with van der Waals surface area (Å²) in [7, 11) is 0. The molecule has 6 nitrogen and oxygen atoms in total. The van der Waals surface area contributed by atoms with E-state index in [4.69, 9.17) is 10.4 Å². The topological polar surface area (TPSA) is 102 Å². The number of H-pyrrole nitrogens is 1. The third-order valence-corrected chi connectivity index (χ3v) is 4.91. The number of benzene rings is 1. The monoisotopic (exact) mass is 338 g/mol. The summed E-state index contributed by atoms with van der Waals surface area (Å²) in [6.07, 6.45) is 6.37. The molecule has 1 aliphatic carbocycles. The summed E-state index contributed by atoms with van der Waals surface area (Å²) >= 11 is 0. The minimum atomic E-state index is -0.126. The van der Waals surface area contributed by atoms with E-state index in [1.807, 2.05) is 12.1 Å². The van der Waals surface area contributed by atoms with Gasteiger partial charge in [0, 0.05) is 18.2 Å². The summed E-state index contributed by atoms with van der Waals surface area (Å²) < 4.78 is 0. The van der Waals surface area contributed by atoms with Crippen molar-refractivity contribution in [2.45, 2.75) is 38.1 Å². The molecule has 130 valence electrons. The molecule has 0 radical (unpaired) electrons. The molecule has 1 amide bonds. The van der Waals surface area contributed by atoms with Gasteiger partial charge in [-0.3, -0.25) is 9.89 Å². The fourth-order valence-electron chi connectivity index (χ4n) is 3.43. The molecule has 0 spiro atoms. The number of aliphatic hydroxyl groups is 1. The first kappa shape index (κ1) is 17.2. The Bertz CT molecular complexity index is 752. The number of aromatic amines is 1. The van der Waals surface area contributed by atoms with Crippen molar-refractivity contribution in [3.63, 3.8) is 0 Å². The lowest BCUT2D eigenvalue weighted by Crippen LogP contribution is -2.37. The van der Waals surface area contributed by atoms with E-state index in [2.05, 4.69) is 21.6 Å². The number of hydrogen-bond acceptors (Lipinski definition) is 4. The molecule has 1 aromatic heterocycles. The van der Waals surface area contributed by atoms with Crippen LogP contribution in [0, 0.1) is 17.2 Å². The molecular weight excluding hydrogens is 316 g/mol. The number of nitriles is 1. The fraction of sp³-hybridized carbons (Fsp3) is 0.421. The third-order valence-electron chi connectivity index (χ3n) is 4.91. The van der Waals surface area contributed by atoms with Gasteiger partial charge in [-0.05, 0) is 50.2 Å². The Morgan fingerprint density at radius 3 is 2.64 bits per heavy atom. The van der Waals surface area contributed by atoms with Gasteiger partial charge in [0.15, 0.2) is 0 Å². The van der Waals surface area contributed by atoms with E-state index < -0.39 is 0 Å². The highest BCUT2D eigenvalue weighted by molar-refractivity contribution is 5.99. The van der Waals surface area contributed by atoms with Crippen LogP contribution >= 0.6 is 0 Å². The van der Waals surface area contributed by atoms with Gasteiger partial charge >= 0.3 is 0 Å². The van der Waals surface area contributed by atoms with E-state index in [1.165, 1.54) is 0 Å².